The molecule has 0 saturated carbocycles. The van der Waals surface area contributed by atoms with Crippen LogP contribution in [0.4, 0.5) is 13.2 Å². The van der Waals surface area contributed by atoms with Crippen molar-refractivity contribution in [3.8, 4) is 5.75 Å². The molecular formula is C24H19F3N4O4. The van der Waals surface area contributed by atoms with E-state index in [4.69, 9.17) is 0 Å². The van der Waals surface area contributed by atoms with E-state index in [1.807, 2.05) is 0 Å². The highest BCUT2D eigenvalue weighted by molar-refractivity contribution is 5.85. The molecule has 1 amide bonds. The van der Waals surface area contributed by atoms with Crippen molar-refractivity contribution in [2.45, 2.75) is 25.4 Å². The molecule has 1 unspecified atom stereocenters. The summed E-state index contributed by atoms with van der Waals surface area (Å²) in [6, 6.07) is 7.29. The topological polar surface area (TPSA) is 117 Å². The third-order valence-corrected chi connectivity index (χ3v) is 5.50. The number of rotatable bonds is 6. The van der Waals surface area contributed by atoms with Crippen LogP contribution in [0.2, 0.25) is 0 Å². The molecule has 0 saturated heterocycles. The summed E-state index contributed by atoms with van der Waals surface area (Å²) in [7, 11) is 0. The lowest BCUT2D eigenvalue weighted by molar-refractivity contribution is -0.125. The number of aromatic hydroxyl groups is 1. The number of nitrogens with one attached hydrogen (secondary N) is 2. The Kier molecular flexibility index (Phi) is 6.41. The second-order valence-corrected chi connectivity index (χ2v) is 7.90. The average molecular weight is 484 g/mol. The van der Waals surface area contributed by atoms with Gasteiger partial charge in [-0.2, -0.15) is 0 Å². The number of H-pyrrole nitrogens is 1. The monoisotopic (exact) mass is 484 g/mol. The summed E-state index contributed by atoms with van der Waals surface area (Å²) in [5.74, 6) is -3.66. The van der Waals surface area contributed by atoms with E-state index in [9.17, 15) is 32.7 Å². The van der Waals surface area contributed by atoms with Gasteiger partial charge >= 0.3 is 5.69 Å². The molecule has 35 heavy (non-hydrogen) atoms. The molecule has 4 rings (SSSR count). The number of carbonyl (C=O) groups excluding carboxylic acids is 1. The molecule has 11 heteroatoms. The number of phenolic OH excluding ortho intramolecular Hbond substituents is 1. The highest BCUT2D eigenvalue weighted by atomic mass is 19.1. The summed E-state index contributed by atoms with van der Waals surface area (Å²) in [6.45, 7) is 1.40. The third-order valence-electron chi connectivity index (χ3n) is 5.50. The zero-order valence-corrected chi connectivity index (χ0v) is 18.3. The first-order chi connectivity index (χ1) is 16.7. The number of phenols is 1. The fraction of sp³-hybridized carbons (Fsp3) is 0.167. The number of aromatic nitrogens is 3. The second kappa shape index (κ2) is 9.45. The van der Waals surface area contributed by atoms with E-state index in [2.05, 4.69) is 15.3 Å². The molecule has 0 aliphatic rings. The van der Waals surface area contributed by atoms with Crippen LogP contribution in [0, 0.1) is 17.5 Å². The van der Waals surface area contributed by atoms with Crippen molar-refractivity contribution in [2.75, 3.05) is 0 Å². The highest BCUT2D eigenvalue weighted by Gasteiger charge is 2.28. The number of hydrogen-bond acceptors (Lipinski definition) is 5. The molecule has 0 spiro atoms. The molecule has 2 aromatic carbocycles. The number of hydrogen-bond donors (Lipinski definition) is 3. The first-order valence-electron chi connectivity index (χ1n) is 10.5. The SMILES string of the molecule is C[C@@H](NC(=O)C(Cc1ccc(F)cc1)n1c(=O)[nH]c2cccc(O)c2c1=O)c1ncc(F)cc1F. The van der Waals surface area contributed by atoms with Gasteiger partial charge < -0.3 is 15.4 Å². The quantitative estimate of drug-likeness (QED) is 0.389. The van der Waals surface area contributed by atoms with Crippen molar-refractivity contribution >= 4 is 16.8 Å². The number of pyridine rings is 1. The van der Waals surface area contributed by atoms with Crippen LogP contribution in [-0.2, 0) is 11.2 Å². The number of benzene rings is 2. The summed E-state index contributed by atoms with van der Waals surface area (Å²) in [6.07, 6.45) is 0.582. The standard InChI is InChI=1S/C24H19F3N4O4/c1-12(21-16(27)10-15(26)11-28-21)29-22(33)18(9-13-5-7-14(25)8-6-13)31-23(34)20-17(30-24(31)35)3-2-4-19(20)32/h2-8,10-12,18,32H,9H2,1H3,(H,29,33)(H,30,35)/t12-,18?/m1/s1. The van der Waals surface area contributed by atoms with Crippen molar-refractivity contribution in [3.05, 3.63) is 104 Å². The molecule has 0 fully saturated rings. The average Bonchev–Trinajstić information content (AvgIpc) is 2.79. The summed E-state index contributed by atoms with van der Waals surface area (Å²) >= 11 is 0. The lowest BCUT2D eigenvalue weighted by Crippen LogP contribution is -2.46. The van der Waals surface area contributed by atoms with E-state index in [1.54, 1.807) is 0 Å². The number of halogens is 3. The van der Waals surface area contributed by atoms with Crippen molar-refractivity contribution in [2.24, 2.45) is 0 Å². The maximum absolute atomic E-state index is 14.2. The normalized spacial score (nSPS) is 12.9. The Morgan fingerprint density at radius 2 is 1.83 bits per heavy atom. The van der Waals surface area contributed by atoms with Crippen molar-refractivity contribution in [1.29, 1.82) is 0 Å². The van der Waals surface area contributed by atoms with Gasteiger partial charge in [-0.05, 0) is 36.8 Å². The first kappa shape index (κ1) is 23.7. The minimum Gasteiger partial charge on any atom is -0.507 e. The Labute approximate surface area is 195 Å². The van der Waals surface area contributed by atoms with E-state index < -0.39 is 52.4 Å². The molecule has 0 aliphatic heterocycles. The van der Waals surface area contributed by atoms with Crippen molar-refractivity contribution in [1.82, 2.24) is 19.9 Å². The van der Waals surface area contributed by atoms with Crippen LogP contribution in [0.25, 0.3) is 10.9 Å². The molecule has 0 aliphatic carbocycles. The van der Waals surface area contributed by atoms with Gasteiger partial charge in [-0.3, -0.25) is 14.6 Å². The lowest BCUT2D eigenvalue weighted by atomic mass is 10.0. The number of amides is 1. The number of aromatic amines is 1. The largest absolute Gasteiger partial charge is 0.507 e. The minimum absolute atomic E-state index is 0.0724. The molecule has 3 N–H and O–H groups in total. The number of carbonyl (C=O) groups is 1. The second-order valence-electron chi connectivity index (χ2n) is 7.90. The van der Waals surface area contributed by atoms with Gasteiger partial charge in [-0.25, -0.2) is 22.5 Å². The highest BCUT2D eigenvalue weighted by Crippen LogP contribution is 2.21. The summed E-state index contributed by atoms with van der Waals surface area (Å²) < 4.78 is 41.4. The number of fused-ring (bicyclic) bond motifs is 1. The van der Waals surface area contributed by atoms with Crippen LogP contribution in [0.15, 0.2) is 64.3 Å². The predicted octanol–water partition coefficient (Wildman–Crippen LogP) is 2.87. The maximum Gasteiger partial charge on any atom is 0.329 e. The van der Waals surface area contributed by atoms with Crippen LogP contribution < -0.4 is 16.6 Å². The molecule has 4 aromatic rings. The molecule has 0 radical (unpaired) electrons. The molecule has 180 valence electrons. The van der Waals surface area contributed by atoms with E-state index in [0.717, 1.165) is 18.3 Å². The zero-order chi connectivity index (χ0) is 25.3. The summed E-state index contributed by atoms with van der Waals surface area (Å²) in [4.78, 5) is 45.6. The van der Waals surface area contributed by atoms with Gasteiger partial charge in [0.1, 0.15) is 34.6 Å². The predicted molar refractivity (Wildman–Crippen MR) is 120 cm³/mol. The fourth-order valence-electron chi connectivity index (χ4n) is 3.81. The Hall–Kier alpha value is -4.41. The smallest absolute Gasteiger partial charge is 0.329 e. The third kappa shape index (κ3) is 4.79. The van der Waals surface area contributed by atoms with E-state index in [1.165, 1.54) is 37.3 Å². The van der Waals surface area contributed by atoms with E-state index in [0.29, 0.717) is 16.2 Å². The zero-order valence-electron chi connectivity index (χ0n) is 18.3. The maximum atomic E-state index is 14.2. The van der Waals surface area contributed by atoms with Gasteiger partial charge in [0.05, 0.1) is 23.4 Å². The van der Waals surface area contributed by atoms with Gasteiger partial charge in [-0.15, -0.1) is 0 Å². The van der Waals surface area contributed by atoms with Gasteiger partial charge in [0.25, 0.3) is 5.56 Å². The van der Waals surface area contributed by atoms with Crippen LogP contribution in [0.5, 0.6) is 5.75 Å². The molecular weight excluding hydrogens is 465 g/mol. The van der Waals surface area contributed by atoms with Crippen molar-refractivity contribution < 1.29 is 23.1 Å². The first-order valence-corrected chi connectivity index (χ1v) is 10.5. The Balaban J connectivity index is 1.79. The van der Waals surface area contributed by atoms with Gasteiger partial charge in [0, 0.05) is 12.5 Å². The summed E-state index contributed by atoms with van der Waals surface area (Å²) in [5, 5.41) is 12.5. The molecule has 2 heterocycles. The Morgan fingerprint density at radius 1 is 1.11 bits per heavy atom. The number of nitrogens with zero attached hydrogens (tertiary/aromatic N) is 2. The summed E-state index contributed by atoms with van der Waals surface area (Å²) in [5.41, 5.74) is -1.60. The Morgan fingerprint density at radius 3 is 2.51 bits per heavy atom. The lowest BCUT2D eigenvalue weighted by Gasteiger charge is -2.22. The molecule has 0 bridgehead atoms. The van der Waals surface area contributed by atoms with Crippen LogP contribution >= 0.6 is 0 Å². The molecule has 2 aromatic heterocycles. The molecule has 8 nitrogen and oxygen atoms in total. The fourth-order valence-corrected chi connectivity index (χ4v) is 3.81. The molecule has 2 atom stereocenters. The van der Waals surface area contributed by atoms with Crippen LogP contribution in [-0.4, -0.2) is 25.5 Å². The van der Waals surface area contributed by atoms with E-state index >= 15 is 0 Å². The van der Waals surface area contributed by atoms with Crippen LogP contribution in [0.3, 0.4) is 0 Å². The minimum atomic E-state index is -1.47. The van der Waals surface area contributed by atoms with Crippen LogP contribution in [0.1, 0.15) is 30.3 Å². The van der Waals surface area contributed by atoms with Gasteiger partial charge in [0.2, 0.25) is 5.91 Å². The van der Waals surface area contributed by atoms with Gasteiger partial charge in [0.15, 0.2) is 0 Å². The Bertz CT molecular complexity index is 1530. The van der Waals surface area contributed by atoms with Crippen molar-refractivity contribution in [3.63, 3.8) is 0 Å². The van der Waals surface area contributed by atoms with E-state index in [-0.39, 0.29) is 23.0 Å². The van der Waals surface area contributed by atoms with Gasteiger partial charge in [-0.1, -0.05) is 18.2 Å².